The Morgan fingerprint density at radius 1 is 1.06 bits per heavy atom. The summed E-state index contributed by atoms with van der Waals surface area (Å²) in [5.41, 5.74) is 3.49. The van der Waals surface area contributed by atoms with E-state index < -0.39 is 0 Å². The number of allylic oxidation sites excluding steroid dienone is 1. The Hall–Kier alpha value is -2.83. The van der Waals surface area contributed by atoms with Gasteiger partial charge < -0.3 is 19.7 Å². The van der Waals surface area contributed by atoms with Gasteiger partial charge in [-0.05, 0) is 41.8 Å². The number of likely N-dealkylation sites (N-methyl/N-ethyl adjacent to an activating group) is 1. The number of nitrogens with zero attached hydrogens (tertiary/aromatic N) is 2. The van der Waals surface area contributed by atoms with Crippen LogP contribution in [0.1, 0.15) is 23.6 Å². The summed E-state index contributed by atoms with van der Waals surface area (Å²) in [4.78, 5) is 17.4. The van der Waals surface area contributed by atoms with Crippen molar-refractivity contribution in [2.75, 3.05) is 46.4 Å². The fraction of sp³-hybridized carbons (Fsp3) is 0.423. The Morgan fingerprint density at radius 3 is 2.47 bits per heavy atom. The standard InChI is InChI=1S/C26H35N3O3/c1-4-8-21-11-12-24(25(17-21)31-3)32-20-26(30)27-18-22-9-6-7-10-23(22)19-29-15-13-28(5-2)14-16-29/h4,6-7,9-12,17H,1,5,8,13-16,18-20H2,2-3H3,(H,27,30). The van der Waals surface area contributed by atoms with E-state index in [2.05, 4.69) is 46.8 Å². The summed E-state index contributed by atoms with van der Waals surface area (Å²) in [7, 11) is 1.60. The van der Waals surface area contributed by atoms with Crippen molar-refractivity contribution in [1.82, 2.24) is 15.1 Å². The number of amides is 1. The monoisotopic (exact) mass is 437 g/mol. The van der Waals surface area contributed by atoms with Crippen LogP contribution in [0.15, 0.2) is 55.1 Å². The maximum Gasteiger partial charge on any atom is 0.258 e. The van der Waals surface area contributed by atoms with Gasteiger partial charge in [-0.3, -0.25) is 9.69 Å². The summed E-state index contributed by atoms with van der Waals surface area (Å²) in [6.07, 6.45) is 2.59. The van der Waals surface area contributed by atoms with E-state index in [1.807, 2.05) is 30.3 Å². The summed E-state index contributed by atoms with van der Waals surface area (Å²) in [6, 6.07) is 14.0. The molecule has 1 fully saturated rings. The fourth-order valence-electron chi connectivity index (χ4n) is 3.90. The van der Waals surface area contributed by atoms with Gasteiger partial charge in [-0.2, -0.15) is 0 Å². The first-order valence-corrected chi connectivity index (χ1v) is 11.3. The molecule has 0 spiro atoms. The van der Waals surface area contributed by atoms with Gasteiger partial charge in [0.05, 0.1) is 7.11 Å². The molecule has 1 heterocycles. The van der Waals surface area contributed by atoms with E-state index in [4.69, 9.17) is 9.47 Å². The van der Waals surface area contributed by atoms with Gasteiger partial charge >= 0.3 is 0 Å². The normalized spacial score (nSPS) is 14.7. The van der Waals surface area contributed by atoms with E-state index in [1.54, 1.807) is 7.11 Å². The van der Waals surface area contributed by atoms with E-state index >= 15 is 0 Å². The minimum absolute atomic E-state index is 0.0572. The van der Waals surface area contributed by atoms with Gasteiger partial charge in [0.15, 0.2) is 18.1 Å². The van der Waals surface area contributed by atoms with Crippen molar-refractivity contribution in [2.45, 2.75) is 26.4 Å². The van der Waals surface area contributed by atoms with E-state index in [-0.39, 0.29) is 12.5 Å². The van der Waals surface area contributed by atoms with Gasteiger partial charge in [0.25, 0.3) is 5.91 Å². The molecule has 1 aliphatic heterocycles. The van der Waals surface area contributed by atoms with Crippen LogP contribution in [0.2, 0.25) is 0 Å². The molecule has 0 aromatic heterocycles. The largest absolute Gasteiger partial charge is 0.493 e. The van der Waals surface area contributed by atoms with Crippen LogP contribution in [0.3, 0.4) is 0 Å². The second-order valence-corrected chi connectivity index (χ2v) is 8.02. The molecule has 0 atom stereocenters. The van der Waals surface area contributed by atoms with E-state index in [9.17, 15) is 4.79 Å². The zero-order chi connectivity index (χ0) is 22.8. The molecule has 0 unspecified atom stereocenters. The Labute approximate surface area is 191 Å². The maximum atomic E-state index is 12.4. The highest BCUT2D eigenvalue weighted by molar-refractivity contribution is 5.77. The molecule has 32 heavy (non-hydrogen) atoms. The second-order valence-electron chi connectivity index (χ2n) is 8.02. The van der Waals surface area contributed by atoms with Crippen LogP contribution < -0.4 is 14.8 Å². The molecule has 0 saturated carbocycles. The second kappa shape index (κ2) is 12.3. The summed E-state index contributed by atoms with van der Waals surface area (Å²) >= 11 is 0. The van der Waals surface area contributed by atoms with Crippen molar-refractivity contribution in [3.05, 3.63) is 71.8 Å². The van der Waals surface area contributed by atoms with Crippen LogP contribution in [0.5, 0.6) is 11.5 Å². The van der Waals surface area contributed by atoms with Crippen molar-refractivity contribution in [2.24, 2.45) is 0 Å². The Balaban J connectivity index is 1.50. The third-order valence-electron chi connectivity index (χ3n) is 5.87. The third kappa shape index (κ3) is 6.84. The number of carbonyl (C=O) groups excluding carboxylic acids is 1. The quantitative estimate of drug-likeness (QED) is 0.547. The lowest BCUT2D eigenvalue weighted by molar-refractivity contribution is -0.123. The lowest BCUT2D eigenvalue weighted by Gasteiger charge is -2.34. The van der Waals surface area contributed by atoms with Crippen LogP contribution in [0.4, 0.5) is 0 Å². The summed E-state index contributed by atoms with van der Waals surface area (Å²) in [5, 5.41) is 2.99. The summed E-state index contributed by atoms with van der Waals surface area (Å²) in [5.74, 6) is 1.02. The SMILES string of the molecule is C=CCc1ccc(OCC(=O)NCc2ccccc2CN2CCN(CC)CC2)c(OC)c1. The number of benzene rings is 2. The molecule has 6 heteroatoms. The van der Waals surface area contributed by atoms with Gasteiger partial charge in [-0.15, -0.1) is 6.58 Å². The van der Waals surface area contributed by atoms with Crippen LogP contribution in [-0.4, -0.2) is 62.1 Å². The first kappa shape index (κ1) is 23.8. The smallest absolute Gasteiger partial charge is 0.258 e. The minimum atomic E-state index is -0.159. The average molecular weight is 438 g/mol. The number of ether oxygens (including phenoxy) is 2. The highest BCUT2D eigenvalue weighted by atomic mass is 16.5. The highest BCUT2D eigenvalue weighted by Gasteiger charge is 2.17. The molecular formula is C26H35N3O3. The van der Waals surface area contributed by atoms with Crippen LogP contribution in [-0.2, 0) is 24.3 Å². The van der Waals surface area contributed by atoms with Gasteiger partial charge in [-0.25, -0.2) is 0 Å². The fourth-order valence-corrected chi connectivity index (χ4v) is 3.90. The molecular weight excluding hydrogens is 402 g/mol. The number of methoxy groups -OCH3 is 1. The number of rotatable bonds is 11. The third-order valence-corrected chi connectivity index (χ3v) is 5.87. The molecule has 0 bridgehead atoms. The van der Waals surface area contributed by atoms with Crippen molar-refractivity contribution in [3.63, 3.8) is 0 Å². The maximum absolute atomic E-state index is 12.4. The Bertz CT molecular complexity index is 892. The van der Waals surface area contributed by atoms with Crippen molar-refractivity contribution < 1.29 is 14.3 Å². The van der Waals surface area contributed by atoms with Gasteiger partial charge in [0, 0.05) is 39.3 Å². The van der Waals surface area contributed by atoms with Crippen molar-refractivity contribution >= 4 is 5.91 Å². The number of hydrogen-bond acceptors (Lipinski definition) is 5. The van der Waals surface area contributed by atoms with Crippen LogP contribution in [0.25, 0.3) is 0 Å². The van der Waals surface area contributed by atoms with Crippen LogP contribution in [0, 0.1) is 0 Å². The zero-order valence-electron chi connectivity index (χ0n) is 19.3. The highest BCUT2D eigenvalue weighted by Crippen LogP contribution is 2.28. The molecule has 6 nitrogen and oxygen atoms in total. The Kier molecular flexibility index (Phi) is 9.13. The average Bonchev–Trinajstić information content (AvgIpc) is 2.83. The van der Waals surface area contributed by atoms with E-state index in [0.717, 1.165) is 56.8 Å². The molecule has 1 amide bonds. The predicted octanol–water partition coefficient (Wildman–Crippen LogP) is 3.26. The van der Waals surface area contributed by atoms with Gasteiger partial charge in [-0.1, -0.05) is 43.3 Å². The lowest BCUT2D eigenvalue weighted by atomic mass is 10.1. The van der Waals surface area contributed by atoms with Gasteiger partial charge in [0.1, 0.15) is 0 Å². The molecule has 2 aromatic rings. The minimum Gasteiger partial charge on any atom is -0.493 e. The number of carbonyl (C=O) groups is 1. The number of nitrogens with one attached hydrogen (secondary N) is 1. The first-order valence-electron chi connectivity index (χ1n) is 11.3. The molecule has 0 radical (unpaired) electrons. The molecule has 1 saturated heterocycles. The van der Waals surface area contributed by atoms with Crippen molar-refractivity contribution in [3.8, 4) is 11.5 Å². The zero-order valence-corrected chi connectivity index (χ0v) is 19.3. The molecule has 172 valence electrons. The van der Waals surface area contributed by atoms with Crippen molar-refractivity contribution in [1.29, 1.82) is 0 Å². The van der Waals surface area contributed by atoms with Gasteiger partial charge in [0.2, 0.25) is 0 Å². The lowest BCUT2D eigenvalue weighted by Crippen LogP contribution is -2.45. The number of piperazine rings is 1. The molecule has 0 aliphatic carbocycles. The van der Waals surface area contributed by atoms with E-state index in [1.165, 1.54) is 5.56 Å². The van der Waals surface area contributed by atoms with E-state index in [0.29, 0.717) is 18.0 Å². The summed E-state index contributed by atoms with van der Waals surface area (Å²) in [6.45, 7) is 12.8. The first-order chi connectivity index (χ1) is 15.6. The Morgan fingerprint density at radius 2 is 1.78 bits per heavy atom. The predicted molar refractivity (Wildman–Crippen MR) is 128 cm³/mol. The molecule has 2 aromatic carbocycles. The van der Waals surface area contributed by atoms with Crippen LogP contribution >= 0.6 is 0 Å². The molecule has 1 aliphatic rings. The number of hydrogen-bond donors (Lipinski definition) is 1. The molecule has 3 rings (SSSR count). The summed E-state index contributed by atoms with van der Waals surface area (Å²) < 4.78 is 11.1. The molecule has 1 N–H and O–H groups in total. The topological polar surface area (TPSA) is 54.0 Å².